The van der Waals surface area contributed by atoms with E-state index in [1.54, 1.807) is 0 Å². The predicted octanol–water partition coefficient (Wildman–Crippen LogP) is 0.773. The molecule has 2 aliphatic rings. The molecular weight excluding hydrogens is 610 g/mol. The number of benzene rings is 2. The molecular formula is C23H27ClF2N6O7S2. The van der Waals surface area contributed by atoms with Gasteiger partial charge in [0.15, 0.2) is 17.4 Å². The molecule has 2 aliphatic heterocycles. The Morgan fingerprint density at radius 3 is 2.12 bits per heavy atom. The Bertz CT molecular complexity index is 1510. The number of nitrogens with one attached hydrogen (secondary N) is 1. The van der Waals surface area contributed by atoms with Crippen molar-refractivity contribution in [1.82, 2.24) is 23.1 Å². The number of nitrogens with two attached hydrogens (primary N) is 1. The highest BCUT2D eigenvalue weighted by Crippen LogP contribution is 2.32. The molecule has 0 bridgehead atoms. The summed E-state index contributed by atoms with van der Waals surface area (Å²) in [6.45, 7) is -0.118. The number of urea groups is 1. The first-order valence-corrected chi connectivity index (χ1v) is 15.4. The average molecular weight is 637 g/mol. The van der Waals surface area contributed by atoms with Gasteiger partial charge in [0.25, 0.3) is 0 Å². The molecule has 0 unspecified atom stereocenters. The lowest BCUT2D eigenvalue weighted by molar-refractivity contribution is -0.122. The fraction of sp³-hybridized carbons (Fsp3) is 0.391. The van der Waals surface area contributed by atoms with Gasteiger partial charge in [-0.25, -0.2) is 26.7 Å². The number of piperazine rings is 2. The molecule has 0 aliphatic carbocycles. The number of rotatable bonds is 7. The molecule has 3 N–H and O–H groups in total. The van der Waals surface area contributed by atoms with Gasteiger partial charge in [0.2, 0.25) is 15.9 Å². The minimum atomic E-state index is -4.75. The number of carbonyl (C=O) groups excluding carboxylic acids is 2. The average Bonchev–Trinajstić information content (AvgIpc) is 2.91. The molecule has 13 nitrogen and oxygen atoms in total. The van der Waals surface area contributed by atoms with Crippen LogP contribution in [0.3, 0.4) is 0 Å². The largest absolute Gasteiger partial charge is 0.451 e. The molecule has 18 heteroatoms. The fourth-order valence-electron chi connectivity index (χ4n) is 4.27. The zero-order chi connectivity index (χ0) is 30.1. The highest BCUT2D eigenvalue weighted by atomic mass is 35.5. The monoisotopic (exact) mass is 636 g/mol. The summed E-state index contributed by atoms with van der Waals surface area (Å²) in [6, 6.07) is 3.98. The lowest BCUT2D eigenvalue weighted by atomic mass is 10.2. The van der Waals surface area contributed by atoms with Crippen LogP contribution in [0.1, 0.15) is 0 Å². The van der Waals surface area contributed by atoms with Crippen LogP contribution < -0.4 is 15.2 Å². The van der Waals surface area contributed by atoms with Crippen LogP contribution in [0.4, 0.5) is 13.6 Å². The first-order valence-electron chi connectivity index (χ1n) is 12.2. The third-order valence-corrected chi connectivity index (χ3v) is 10.2. The summed E-state index contributed by atoms with van der Waals surface area (Å²) in [5.41, 5.74) is 5.41. The van der Waals surface area contributed by atoms with Crippen molar-refractivity contribution in [3.63, 3.8) is 0 Å². The highest BCUT2D eigenvalue weighted by Gasteiger charge is 2.43. The van der Waals surface area contributed by atoms with Gasteiger partial charge in [-0.2, -0.15) is 17.0 Å². The second-order valence-electron chi connectivity index (χ2n) is 9.37. The molecule has 2 saturated heterocycles. The molecule has 0 radical (unpaired) electrons. The molecule has 0 aromatic heterocycles. The van der Waals surface area contributed by atoms with Crippen LogP contribution in [0.5, 0.6) is 11.5 Å². The van der Waals surface area contributed by atoms with Gasteiger partial charge in [-0.05, 0) is 43.4 Å². The van der Waals surface area contributed by atoms with Gasteiger partial charge in [0.1, 0.15) is 11.8 Å². The van der Waals surface area contributed by atoms with Gasteiger partial charge in [-0.1, -0.05) is 11.6 Å². The molecule has 41 heavy (non-hydrogen) atoms. The summed E-state index contributed by atoms with van der Waals surface area (Å²) in [6.07, 6.45) is 0. The molecule has 0 spiro atoms. The molecule has 2 aromatic carbocycles. The lowest BCUT2D eigenvalue weighted by Crippen LogP contribution is -2.63. The van der Waals surface area contributed by atoms with E-state index in [0.29, 0.717) is 51.9 Å². The van der Waals surface area contributed by atoms with Crippen LogP contribution in [-0.2, 0) is 25.0 Å². The molecule has 1 atom stereocenters. The number of sulfonamides is 1. The first-order chi connectivity index (χ1) is 19.2. The summed E-state index contributed by atoms with van der Waals surface area (Å²) in [5, 5.41) is 0.356. The van der Waals surface area contributed by atoms with Crippen molar-refractivity contribution in [2.24, 2.45) is 5.73 Å². The molecule has 3 amide bonds. The third-order valence-electron chi connectivity index (χ3n) is 6.58. The number of hydrogen-bond acceptors (Lipinski definition) is 8. The SMILES string of the molecule is CN1CCN(C(=O)NS(=O)(=O)N2CCN(S(=O)(=O)c3cc(F)c(Oc4ccc(Cl)cc4)c(F)c3)[C@@H](C(N)=O)C2)CC1. The van der Waals surface area contributed by atoms with E-state index < -0.39 is 80.1 Å². The molecule has 2 heterocycles. The van der Waals surface area contributed by atoms with E-state index >= 15 is 0 Å². The molecule has 2 fully saturated rings. The molecule has 2 aromatic rings. The van der Waals surface area contributed by atoms with E-state index in [1.165, 1.54) is 29.2 Å². The number of carbonyl (C=O) groups is 2. The van der Waals surface area contributed by atoms with Crippen LogP contribution in [0.25, 0.3) is 0 Å². The molecule has 0 saturated carbocycles. The Morgan fingerprint density at radius 2 is 1.56 bits per heavy atom. The van der Waals surface area contributed by atoms with Gasteiger partial charge < -0.3 is 20.3 Å². The van der Waals surface area contributed by atoms with Crippen molar-refractivity contribution in [2.45, 2.75) is 10.9 Å². The normalized spacial score (nSPS) is 19.6. The summed E-state index contributed by atoms with van der Waals surface area (Å²) in [5.74, 6) is -4.73. The van der Waals surface area contributed by atoms with Crippen LogP contribution in [0.15, 0.2) is 41.3 Å². The standard InChI is InChI=1S/C23H27ClF2N6O7S2/c1-29-6-8-30(9-7-29)23(34)28-41(37,38)31-10-11-32(20(14-31)22(27)33)40(35,36)17-12-18(25)21(19(26)13-17)39-16-4-2-15(24)3-5-16/h2-5,12-13,20H,6-11,14H2,1H3,(H2,27,33)(H,28,34)/t20-/m1/s1. The maximum Gasteiger partial charge on any atom is 0.332 e. The van der Waals surface area contributed by atoms with Gasteiger partial charge in [0, 0.05) is 50.8 Å². The number of nitrogens with zero attached hydrogens (tertiary/aromatic N) is 4. The number of hydrogen-bond donors (Lipinski definition) is 2. The van der Waals surface area contributed by atoms with E-state index in [4.69, 9.17) is 22.1 Å². The van der Waals surface area contributed by atoms with E-state index in [0.717, 1.165) is 0 Å². The van der Waals surface area contributed by atoms with E-state index in [-0.39, 0.29) is 5.75 Å². The van der Waals surface area contributed by atoms with E-state index in [1.807, 2.05) is 16.7 Å². The quantitative estimate of drug-likeness (QED) is 0.450. The Labute approximate surface area is 240 Å². The van der Waals surface area contributed by atoms with Gasteiger partial charge in [-0.15, -0.1) is 0 Å². The van der Waals surface area contributed by atoms with Crippen molar-refractivity contribution in [2.75, 3.05) is 52.9 Å². The van der Waals surface area contributed by atoms with Gasteiger partial charge in [0.05, 0.1) is 4.90 Å². The van der Waals surface area contributed by atoms with Gasteiger partial charge in [-0.3, -0.25) is 4.79 Å². The zero-order valence-electron chi connectivity index (χ0n) is 21.7. The smallest absolute Gasteiger partial charge is 0.332 e. The topological polar surface area (TPSA) is 163 Å². The molecule has 4 rings (SSSR count). The summed E-state index contributed by atoms with van der Waals surface area (Å²) in [7, 11) is -7.39. The summed E-state index contributed by atoms with van der Waals surface area (Å²) in [4.78, 5) is 27.2. The van der Waals surface area contributed by atoms with Crippen LogP contribution in [0.2, 0.25) is 5.02 Å². The highest BCUT2D eigenvalue weighted by molar-refractivity contribution is 7.89. The van der Waals surface area contributed by atoms with Crippen molar-refractivity contribution in [1.29, 1.82) is 0 Å². The van der Waals surface area contributed by atoms with Gasteiger partial charge >= 0.3 is 16.2 Å². The Hall–Kier alpha value is -3.09. The number of halogens is 3. The number of likely N-dealkylation sites (N-methyl/N-ethyl adjacent to an activating group) is 1. The summed E-state index contributed by atoms with van der Waals surface area (Å²) < 4.78 is 90.6. The predicted molar refractivity (Wildman–Crippen MR) is 143 cm³/mol. The Morgan fingerprint density at radius 1 is 0.976 bits per heavy atom. The number of ether oxygens (including phenoxy) is 1. The van der Waals surface area contributed by atoms with Crippen molar-refractivity contribution in [3.05, 3.63) is 53.1 Å². The maximum absolute atomic E-state index is 14.8. The van der Waals surface area contributed by atoms with Crippen LogP contribution in [0, 0.1) is 11.6 Å². The Kier molecular flexibility index (Phi) is 9.05. The van der Waals surface area contributed by atoms with Crippen molar-refractivity contribution >= 4 is 43.8 Å². The maximum atomic E-state index is 14.8. The lowest BCUT2D eigenvalue weighted by Gasteiger charge is -2.38. The van der Waals surface area contributed by atoms with E-state index in [2.05, 4.69) is 0 Å². The minimum absolute atomic E-state index is 0.0358. The third kappa shape index (κ3) is 6.87. The Balaban J connectivity index is 1.52. The van der Waals surface area contributed by atoms with Crippen LogP contribution >= 0.6 is 11.6 Å². The number of primary amides is 1. The van der Waals surface area contributed by atoms with Crippen LogP contribution in [-0.4, -0.2) is 106 Å². The van der Waals surface area contributed by atoms with E-state index in [9.17, 15) is 35.2 Å². The fourth-order valence-corrected chi connectivity index (χ4v) is 7.13. The van der Waals surface area contributed by atoms with Crippen molar-refractivity contribution in [3.8, 4) is 11.5 Å². The molecule has 224 valence electrons. The first kappa shape index (κ1) is 30.9. The second kappa shape index (κ2) is 12.0. The second-order valence-corrected chi connectivity index (χ2v) is 13.4. The zero-order valence-corrected chi connectivity index (χ0v) is 24.1. The number of amides is 3. The minimum Gasteiger partial charge on any atom is -0.451 e. The summed E-state index contributed by atoms with van der Waals surface area (Å²) >= 11 is 5.78. The van der Waals surface area contributed by atoms with Crippen molar-refractivity contribution < 1.29 is 39.9 Å².